The molecular formula is C14H11N3O3. The molecule has 2 rings (SSSR count). The molecule has 0 aliphatic carbocycles. The van der Waals surface area contributed by atoms with E-state index in [2.05, 4.69) is 9.97 Å². The zero-order valence-corrected chi connectivity index (χ0v) is 10.7. The molecule has 0 saturated heterocycles. The van der Waals surface area contributed by atoms with Gasteiger partial charge >= 0.3 is 12.0 Å². The van der Waals surface area contributed by atoms with E-state index >= 15 is 0 Å². The lowest BCUT2D eigenvalue weighted by Crippen LogP contribution is -2.04. The zero-order chi connectivity index (χ0) is 14.4. The number of ether oxygens (including phenoxy) is 2. The molecule has 0 fully saturated rings. The summed E-state index contributed by atoms with van der Waals surface area (Å²) >= 11 is 0. The minimum Gasteiger partial charge on any atom is -0.462 e. The summed E-state index contributed by atoms with van der Waals surface area (Å²) in [6.45, 7) is 2.07. The van der Waals surface area contributed by atoms with Gasteiger partial charge in [-0.15, -0.1) is 0 Å². The third-order valence-electron chi connectivity index (χ3n) is 2.32. The number of benzene rings is 1. The van der Waals surface area contributed by atoms with Crippen molar-refractivity contribution in [3.63, 3.8) is 0 Å². The molecule has 0 amide bonds. The molecule has 0 aliphatic heterocycles. The van der Waals surface area contributed by atoms with Crippen molar-refractivity contribution >= 4 is 5.97 Å². The summed E-state index contributed by atoms with van der Waals surface area (Å²) in [6, 6.07) is 9.84. The van der Waals surface area contributed by atoms with Crippen LogP contribution in [0.25, 0.3) is 0 Å². The first-order chi connectivity index (χ1) is 9.72. The van der Waals surface area contributed by atoms with Crippen molar-refractivity contribution in [2.24, 2.45) is 0 Å². The van der Waals surface area contributed by atoms with Crippen LogP contribution in [0.2, 0.25) is 0 Å². The van der Waals surface area contributed by atoms with E-state index in [1.807, 2.05) is 6.07 Å². The number of hydrogen-bond acceptors (Lipinski definition) is 6. The van der Waals surface area contributed by atoms with Gasteiger partial charge in [-0.05, 0) is 37.3 Å². The minimum absolute atomic E-state index is 0.0768. The van der Waals surface area contributed by atoms with Crippen molar-refractivity contribution in [3.8, 4) is 17.8 Å². The standard InChI is InChI=1S/C14H11N3O3/c1-2-19-13(18)10-3-5-12(6-4-10)20-14-16-8-7-11(9-15)17-14/h3-8H,2H2,1H3. The molecule has 0 atom stereocenters. The summed E-state index contributed by atoms with van der Waals surface area (Å²) in [7, 11) is 0. The molecule has 1 aromatic carbocycles. The Balaban J connectivity index is 2.11. The quantitative estimate of drug-likeness (QED) is 0.792. The van der Waals surface area contributed by atoms with Crippen LogP contribution in [0.15, 0.2) is 36.5 Å². The van der Waals surface area contributed by atoms with Crippen molar-refractivity contribution in [3.05, 3.63) is 47.8 Å². The van der Waals surface area contributed by atoms with Gasteiger partial charge in [0.1, 0.15) is 17.5 Å². The molecule has 0 spiro atoms. The fraction of sp³-hybridized carbons (Fsp3) is 0.143. The van der Waals surface area contributed by atoms with Crippen LogP contribution in [-0.4, -0.2) is 22.5 Å². The molecule has 6 nitrogen and oxygen atoms in total. The summed E-state index contributed by atoms with van der Waals surface area (Å²) < 4.78 is 10.3. The van der Waals surface area contributed by atoms with Gasteiger partial charge in [-0.25, -0.2) is 9.78 Å². The molecule has 0 aliphatic rings. The number of nitriles is 1. The number of carbonyl (C=O) groups excluding carboxylic acids is 1. The second kappa shape index (κ2) is 6.29. The Morgan fingerprint density at radius 1 is 1.30 bits per heavy atom. The minimum atomic E-state index is -0.387. The second-order valence-electron chi connectivity index (χ2n) is 3.68. The van der Waals surface area contributed by atoms with Crippen LogP contribution in [0.3, 0.4) is 0 Å². The van der Waals surface area contributed by atoms with Crippen LogP contribution in [0.1, 0.15) is 23.0 Å². The Hall–Kier alpha value is -2.94. The number of nitrogens with zero attached hydrogens (tertiary/aromatic N) is 3. The molecule has 1 aromatic heterocycles. The molecule has 100 valence electrons. The molecule has 2 aromatic rings. The van der Waals surface area contributed by atoms with Crippen molar-refractivity contribution in [1.29, 1.82) is 5.26 Å². The summed E-state index contributed by atoms with van der Waals surface area (Å²) in [5, 5.41) is 8.73. The highest BCUT2D eigenvalue weighted by Gasteiger charge is 2.07. The third-order valence-corrected chi connectivity index (χ3v) is 2.32. The van der Waals surface area contributed by atoms with Gasteiger partial charge in [0.05, 0.1) is 12.2 Å². The molecule has 0 saturated carbocycles. The fourth-order valence-corrected chi connectivity index (χ4v) is 1.43. The van der Waals surface area contributed by atoms with Crippen LogP contribution in [0.4, 0.5) is 0 Å². The highest BCUT2D eigenvalue weighted by molar-refractivity contribution is 5.89. The van der Waals surface area contributed by atoms with Gasteiger partial charge in [0.25, 0.3) is 0 Å². The molecule has 0 unspecified atom stereocenters. The van der Waals surface area contributed by atoms with Crippen LogP contribution >= 0.6 is 0 Å². The predicted molar refractivity (Wildman–Crippen MR) is 69.2 cm³/mol. The van der Waals surface area contributed by atoms with E-state index in [9.17, 15) is 4.79 Å². The van der Waals surface area contributed by atoms with Gasteiger partial charge in [0.2, 0.25) is 0 Å². The van der Waals surface area contributed by atoms with Crippen LogP contribution < -0.4 is 4.74 Å². The lowest BCUT2D eigenvalue weighted by atomic mass is 10.2. The summed E-state index contributed by atoms with van der Waals surface area (Å²) in [6.07, 6.45) is 1.44. The maximum absolute atomic E-state index is 11.5. The number of aromatic nitrogens is 2. The first kappa shape index (κ1) is 13.5. The average molecular weight is 269 g/mol. The normalized spacial score (nSPS) is 9.60. The van der Waals surface area contributed by atoms with E-state index in [0.29, 0.717) is 17.9 Å². The maximum Gasteiger partial charge on any atom is 0.338 e. The van der Waals surface area contributed by atoms with Gasteiger partial charge < -0.3 is 9.47 Å². The predicted octanol–water partition coefficient (Wildman–Crippen LogP) is 2.32. The van der Waals surface area contributed by atoms with Crippen molar-refractivity contribution in [2.75, 3.05) is 6.61 Å². The lowest BCUT2D eigenvalue weighted by molar-refractivity contribution is 0.0526. The Morgan fingerprint density at radius 2 is 2.05 bits per heavy atom. The summed E-state index contributed by atoms with van der Waals surface area (Å²) in [5.41, 5.74) is 0.657. The van der Waals surface area contributed by atoms with Gasteiger partial charge in [-0.2, -0.15) is 10.2 Å². The fourth-order valence-electron chi connectivity index (χ4n) is 1.43. The van der Waals surface area contributed by atoms with Crippen molar-refractivity contribution in [2.45, 2.75) is 6.92 Å². The van der Waals surface area contributed by atoms with Gasteiger partial charge in [-0.1, -0.05) is 0 Å². The number of esters is 1. The van der Waals surface area contributed by atoms with E-state index in [1.54, 1.807) is 31.2 Å². The third kappa shape index (κ3) is 3.29. The second-order valence-corrected chi connectivity index (χ2v) is 3.68. The van der Waals surface area contributed by atoms with E-state index in [4.69, 9.17) is 14.7 Å². The van der Waals surface area contributed by atoms with E-state index in [0.717, 1.165) is 0 Å². The molecule has 20 heavy (non-hydrogen) atoms. The van der Waals surface area contributed by atoms with Gasteiger partial charge in [0.15, 0.2) is 0 Å². The maximum atomic E-state index is 11.5. The molecule has 0 radical (unpaired) electrons. The molecule has 0 bridgehead atoms. The lowest BCUT2D eigenvalue weighted by Gasteiger charge is -2.05. The highest BCUT2D eigenvalue weighted by atomic mass is 16.5. The number of rotatable bonds is 4. The Labute approximate surface area is 115 Å². The number of carbonyl (C=O) groups is 1. The Morgan fingerprint density at radius 3 is 2.70 bits per heavy atom. The van der Waals surface area contributed by atoms with Gasteiger partial charge in [-0.3, -0.25) is 0 Å². The topological polar surface area (TPSA) is 85.1 Å². The number of hydrogen-bond donors (Lipinski definition) is 0. The Kier molecular flexibility index (Phi) is 4.24. The molecule has 1 heterocycles. The van der Waals surface area contributed by atoms with E-state index in [-0.39, 0.29) is 17.7 Å². The molecular weight excluding hydrogens is 258 g/mol. The van der Waals surface area contributed by atoms with Crippen LogP contribution in [0, 0.1) is 11.3 Å². The van der Waals surface area contributed by atoms with Crippen molar-refractivity contribution in [1.82, 2.24) is 9.97 Å². The Bertz CT molecular complexity index is 647. The summed E-state index contributed by atoms with van der Waals surface area (Å²) in [4.78, 5) is 19.3. The summed E-state index contributed by atoms with van der Waals surface area (Å²) in [5.74, 6) is 0.0786. The highest BCUT2D eigenvalue weighted by Crippen LogP contribution is 2.18. The van der Waals surface area contributed by atoms with E-state index in [1.165, 1.54) is 12.3 Å². The average Bonchev–Trinajstić information content (AvgIpc) is 2.48. The first-order valence-electron chi connectivity index (χ1n) is 5.91. The zero-order valence-electron chi connectivity index (χ0n) is 10.7. The molecule has 6 heteroatoms. The first-order valence-corrected chi connectivity index (χ1v) is 5.91. The smallest absolute Gasteiger partial charge is 0.338 e. The van der Waals surface area contributed by atoms with Crippen LogP contribution in [0.5, 0.6) is 11.8 Å². The monoisotopic (exact) mass is 269 g/mol. The SMILES string of the molecule is CCOC(=O)c1ccc(Oc2nccc(C#N)n2)cc1. The van der Waals surface area contributed by atoms with Crippen LogP contribution in [-0.2, 0) is 4.74 Å². The van der Waals surface area contributed by atoms with E-state index < -0.39 is 0 Å². The molecule has 0 N–H and O–H groups in total. The largest absolute Gasteiger partial charge is 0.462 e. The van der Waals surface area contributed by atoms with Gasteiger partial charge in [0, 0.05) is 6.20 Å². The van der Waals surface area contributed by atoms with Crippen molar-refractivity contribution < 1.29 is 14.3 Å².